The van der Waals surface area contributed by atoms with Gasteiger partial charge in [-0.1, -0.05) is 48.5 Å². The fourth-order valence-electron chi connectivity index (χ4n) is 4.10. The largest absolute Gasteiger partial charge is 0.457 e. The second-order valence-corrected chi connectivity index (χ2v) is 7.76. The van der Waals surface area contributed by atoms with E-state index in [0.29, 0.717) is 35.7 Å². The maximum atomic E-state index is 13.0. The number of ketones is 1. The Morgan fingerprint density at radius 1 is 0.781 bits per heavy atom. The Morgan fingerprint density at radius 3 is 2.16 bits per heavy atom. The standard InChI is InChI=1S/C27H22N2O3/c30-26(19-7-3-1-4-8-19)25-16-15-24-23(17-18-29(24)25)27(31)28-20-11-13-22(14-12-20)32-21-9-5-2-6-10-21/h1-16,23H,17-18H2,(H,28,31)/t23-/m0/s1. The molecule has 5 rings (SSSR count). The Balaban J connectivity index is 1.27. The molecule has 0 bridgehead atoms. The highest BCUT2D eigenvalue weighted by Gasteiger charge is 2.32. The molecule has 1 N–H and O–H groups in total. The quantitative estimate of drug-likeness (QED) is 0.409. The molecule has 1 aromatic heterocycles. The molecule has 1 atom stereocenters. The molecule has 1 amide bonds. The first kappa shape index (κ1) is 19.8. The number of nitrogens with zero attached hydrogens (tertiary/aromatic N) is 1. The van der Waals surface area contributed by atoms with Crippen LogP contribution in [0.2, 0.25) is 0 Å². The second-order valence-electron chi connectivity index (χ2n) is 7.76. The summed E-state index contributed by atoms with van der Waals surface area (Å²) in [6, 6.07) is 29.8. The SMILES string of the molecule is O=C(c1ccccc1)c1ccc2n1CC[C@@H]2C(=O)Nc1ccc(Oc2ccccc2)cc1. The van der Waals surface area contributed by atoms with Crippen molar-refractivity contribution in [2.45, 2.75) is 18.9 Å². The lowest BCUT2D eigenvalue weighted by Crippen LogP contribution is -2.19. The Hall–Kier alpha value is -4.12. The summed E-state index contributed by atoms with van der Waals surface area (Å²) in [5, 5.41) is 2.99. The molecule has 5 heteroatoms. The van der Waals surface area contributed by atoms with E-state index in [1.165, 1.54) is 0 Å². The van der Waals surface area contributed by atoms with Crippen molar-refractivity contribution < 1.29 is 14.3 Å². The number of benzene rings is 3. The molecular weight excluding hydrogens is 400 g/mol. The molecule has 0 spiro atoms. The minimum Gasteiger partial charge on any atom is -0.457 e. The number of amides is 1. The highest BCUT2D eigenvalue weighted by atomic mass is 16.5. The van der Waals surface area contributed by atoms with Gasteiger partial charge in [0.05, 0.1) is 11.6 Å². The van der Waals surface area contributed by atoms with Crippen LogP contribution in [0.4, 0.5) is 5.69 Å². The van der Waals surface area contributed by atoms with Gasteiger partial charge in [-0.3, -0.25) is 9.59 Å². The van der Waals surface area contributed by atoms with Crippen molar-refractivity contribution >= 4 is 17.4 Å². The molecule has 0 fully saturated rings. The highest BCUT2D eigenvalue weighted by Crippen LogP contribution is 2.32. The number of hydrogen-bond donors (Lipinski definition) is 1. The minimum absolute atomic E-state index is 0.0214. The van der Waals surface area contributed by atoms with E-state index >= 15 is 0 Å². The summed E-state index contributed by atoms with van der Waals surface area (Å²) in [5.41, 5.74) is 2.87. The summed E-state index contributed by atoms with van der Waals surface area (Å²) in [5.74, 6) is 1.08. The minimum atomic E-state index is -0.285. The van der Waals surface area contributed by atoms with Gasteiger partial charge in [0.1, 0.15) is 11.5 Å². The Morgan fingerprint density at radius 2 is 1.44 bits per heavy atom. The average Bonchev–Trinajstić information content (AvgIpc) is 3.44. The van der Waals surface area contributed by atoms with Crippen LogP contribution >= 0.6 is 0 Å². The summed E-state index contributed by atoms with van der Waals surface area (Å²) < 4.78 is 7.77. The number of nitrogens with one attached hydrogen (secondary N) is 1. The first-order valence-electron chi connectivity index (χ1n) is 10.6. The average molecular weight is 422 g/mol. The van der Waals surface area contributed by atoms with Crippen LogP contribution in [0.5, 0.6) is 11.5 Å². The summed E-state index contributed by atoms with van der Waals surface area (Å²) in [6.07, 6.45) is 0.673. The molecule has 32 heavy (non-hydrogen) atoms. The number of carbonyl (C=O) groups excluding carboxylic acids is 2. The predicted octanol–water partition coefficient (Wildman–Crippen LogP) is 5.64. The molecule has 1 aliphatic heterocycles. The zero-order valence-electron chi connectivity index (χ0n) is 17.4. The molecule has 0 saturated heterocycles. The van der Waals surface area contributed by atoms with Crippen LogP contribution in [-0.2, 0) is 11.3 Å². The van der Waals surface area contributed by atoms with Crippen LogP contribution < -0.4 is 10.1 Å². The Labute approximate surface area is 186 Å². The topological polar surface area (TPSA) is 60.3 Å². The van der Waals surface area contributed by atoms with Crippen molar-refractivity contribution in [3.05, 3.63) is 114 Å². The zero-order chi connectivity index (χ0) is 21.9. The van der Waals surface area contributed by atoms with E-state index in [2.05, 4.69) is 5.32 Å². The number of aromatic nitrogens is 1. The lowest BCUT2D eigenvalue weighted by atomic mass is 10.0. The third-order valence-corrected chi connectivity index (χ3v) is 5.70. The van der Waals surface area contributed by atoms with Crippen LogP contribution in [0.1, 0.15) is 34.1 Å². The number of anilines is 1. The fourth-order valence-corrected chi connectivity index (χ4v) is 4.10. The van der Waals surface area contributed by atoms with Crippen LogP contribution in [0, 0.1) is 0 Å². The summed E-state index contributed by atoms with van der Waals surface area (Å²) in [4.78, 5) is 25.8. The summed E-state index contributed by atoms with van der Waals surface area (Å²) >= 11 is 0. The normalized spacial score (nSPS) is 14.6. The third-order valence-electron chi connectivity index (χ3n) is 5.70. The molecule has 0 aliphatic carbocycles. The lowest BCUT2D eigenvalue weighted by molar-refractivity contribution is -0.117. The van der Waals surface area contributed by atoms with Crippen LogP contribution in [-0.4, -0.2) is 16.3 Å². The third kappa shape index (κ3) is 3.93. The van der Waals surface area contributed by atoms with E-state index in [1.54, 1.807) is 0 Å². The van der Waals surface area contributed by atoms with Gasteiger partial charge >= 0.3 is 0 Å². The van der Waals surface area contributed by atoms with Crippen LogP contribution in [0.25, 0.3) is 0 Å². The molecular formula is C27H22N2O3. The van der Waals surface area contributed by atoms with Crippen molar-refractivity contribution in [2.24, 2.45) is 0 Å². The number of ether oxygens (including phenoxy) is 1. The predicted molar refractivity (Wildman–Crippen MR) is 123 cm³/mol. The molecule has 158 valence electrons. The molecule has 0 saturated carbocycles. The highest BCUT2D eigenvalue weighted by molar-refractivity contribution is 6.08. The van der Waals surface area contributed by atoms with Gasteiger partial charge < -0.3 is 14.6 Å². The van der Waals surface area contributed by atoms with Crippen molar-refractivity contribution in [3.8, 4) is 11.5 Å². The summed E-state index contributed by atoms with van der Waals surface area (Å²) in [6.45, 7) is 0.651. The molecule has 0 unspecified atom stereocenters. The van der Waals surface area contributed by atoms with Gasteiger partial charge in [0.2, 0.25) is 11.7 Å². The maximum Gasteiger partial charge on any atom is 0.233 e. The zero-order valence-corrected chi connectivity index (χ0v) is 17.4. The maximum absolute atomic E-state index is 13.0. The Kier molecular flexibility index (Phi) is 5.30. The van der Waals surface area contributed by atoms with Gasteiger partial charge in [-0.05, 0) is 55.0 Å². The molecule has 0 radical (unpaired) electrons. The lowest BCUT2D eigenvalue weighted by Gasteiger charge is -2.12. The van der Waals surface area contributed by atoms with E-state index in [1.807, 2.05) is 102 Å². The molecule has 3 aromatic carbocycles. The van der Waals surface area contributed by atoms with E-state index in [4.69, 9.17) is 4.74 Å². The van der Waals surface area contributed by atoms with E-state index in [0.717, 1.165) is 11.4 Å². The number of para-hydroxylation sites is 1. The van der Waals surface area contributed by atoms with Gasteiger partial charge in [-0.2, -0.15) is 0 Å². The molecule has 2 heterocycles. The van der Waals surface area contributed by atoms with Gasteiger partial charge in [0.15, 0.2) is 0 Å². The molecule has 5 nitrogen and oxygen atoms in total. The molecule has 1 aliphatic rings. The van der Waals surface area contributed by atoms with Crippen molar-refractivity contribution in [1.29, 1.82) is 0 Å². The van der Waals surface area contributed by atoms with Gasteiger partial charge in [0, 0.05) is 23.5 Å². The van der Waals surface area contributed by atoms with Crippen molar-refractivity contribution in [2.75, 3.05) is 5.32 Å². The first-order valence-corrected chi connectivity index (χ1v) is 10.6. The number of carbonyl (C=O) groups is 2. The van der Waals surface area contributed by atoms with Gasteiger partial charge in [-0.25, -0.2) is 0 Å². The smallest absolute Gasteiger partial charge is 0.233 e. The van der Waals surface area contributed by atoms with Gasteiger partial charge in [-0.15, -0.1) is 0 Å². The first-order chi connectivity index (χ1) is 15.7. The number of fused-ring (bicyclic) bond motifs is 1. The van der Waals surface area contributed by atoms with Crippen LogP contribution in [0.15, 0.2) is 97.1 Å². The second kappa shape index (κ2) is 8.55. The Bertz CT molecular complexity index is 1250. The monoisotopic (exact) mass is 422 g/mol. The number of hydrogen-bond acceptors (Lipinski definition) is 3. The van der Waals surface area contributed by atoms with Gasteiger partial charge in [0.25, 0.3) is 0 Å². The van der Waals surface area contributed by atoms with Crippen LogP contribution in [0.3, 0.4) is 0 Å². The summed E-state index contributed by atoms with van der Waals surface area (Å²) in [7, 11) is 0. The fraction of sp³-hybridized carbons (Fsp3) is 0.111. The van der Waals surface area contributed by atoms with E-state index in [-0.39, 0.29) is 17.6 Å². The van der Waals surface area contributed by atoms with Crippen molar-refractivity contribution in [1.82, 2.24) is 4.57 Å². The molecule has 4 aromatic rings. The van der Waals surface area contributed by atoms with E-state index < -0.39 is 0 Å². The van der Waals surface area contributed by atoms with Crippen molar-refractivity contribution in [3.63, 3.8) is 0 Å². The number of rotatable bonds is 6. The van der Waals surface area contributed by atoms with E-state index in [9.17, 15) is 9.59 Å².